The third-order valence-corrected chi connectivity index (χ3v) is 3.57. The van der Waals surface area contributed by atoms with Crippen LogP contribution in [0, 0.1) is 17.8 Å². The van der Waals surface area contributed by atoms with Crippen molar-refractivity contribution >= 4 is 5.91 Å². The van der Waals surface area contributed by atoms with Crippen LogP contribution in [0.1, 0.15) is 46.0 Å². The van der Waals surface area contributed by atoms with Crippen LogP contribution >= 0.6 is 0 Å². The Morgan fingerprint density at radius 1 is 1.50 bits per heavy atom. The van der Waals surface area contributed by atoms with Crippen LogP contribution in [0.5, 0.6) is 0 Å². The van der Waals surface area contributed by atoms with Crippen molar-refractivity contribution in [3.05, 3.63) is 0 Å². The number of rotatable bonds is 5. The van der Waals surface area contributed by atoms with Crippen LogP contribution in [0.15, 0.2) is 0 Å². The van der Waals surface area contributed by atoms with E-state index in [2.05, 4.69) is 12.2 Å². The predicted molar refractivity (Wildman–Crippen MR) is 67.0 cm³/mol. The van der Waals surface area contributed by atoms with Crippen molar-refractivity contribution in [1.82, 2.24) is 5.32 Å². The van der Waals surface area contributed by atoms with Crippen LogP contribution in [0.25, 0.3) is 0 Å². The first kappa shape index (κ1) is 13.5. The van der Waals surface area contributed by atoms with Gasteiger partial charge < -0.3 is 11.1 Å². The molecule has 1 saturated carbocycles. The Morgan fingerprint density at radius 3 is 2.88 bits per heavy atom. The highest BCUT2D eigenvalue weighted by Gasteiger charge is 2.19. The molecule has 0 aromatic heterocycles. The van der Waals surface area contributed by atoms with Crippen LogP contribution in [0.2, 0.25) is 0 Å². The second kappa shape index (κ2) is 6.89. The summed E-state index contributed by atoms with van der Waals surface area (Å²) in [5.74, 6) is 1.99. The molecular weight excluding hydrogens is 200 g/mol. The Labute approximate surface area is 99.2 Å². The lowest BCUT2D eigenvalue weighted by Crippen LogP contribution is -2.33. The summed E-state index contributed by atoms with van der Waals surface area (Å²) in [7, 11) is 0. The molecule has 0 aliphatic heterocycles. The maximum atomic E-state index is 11.6. The zero-order chi connectivity index (χ0) is 12.0. The van der Waals surface area contributed by atoms with E-state index in [4.69, 9.17) is 5.73 Å². The van der Waals surface area contributed by atoms with Crippen molar-refractivity contribution in [1.29, 1.82) is 0 Å². The van der Waals surface area contributed by atoms with Gasteiger partial charge >= 0.3 is 0 Å². The molecule has 1 amide bonds. The topological polar surface area (TPSA) is 55.1 Å². The van der Waals surface area contributed by atoms with Crippen LogP contribution in [0.4, 0.5) is 0 Å². The molecule has 3 heteroatoms. The molecule has 0 bridgehead atoms. The lowest BCUT2D eigenvalue weighted by Gasteiger charge is -2.26. The number of nitrogens with two attached hydrogens (primary N) is 1. The Hall–Kier alpha value is -0.570. The smallest absolute Gasteiger partial charge is 0.220 e. The molecule has 0 aromatic rings. The standard InChI is InChI=1S/C13H26N2O/c1-10-4-3-5-12(6-10)9-15-13(16)7-11(2)8-14/h10-12H,3-9,14H2,1-2H3,(H,15,16). The van der Waals surface area contributed by atoms with Crippen molar-refractivity contribution < 1.29 is 4.79 Å². The van der Waals surface area contributed by atoms with Gasteiger partial charge in [-0.15, -0.1) is 0 Å². The first-order chi connectivity index (χ1) is 7.61. The van der Waals surface area contributed by atoms with E-state index in [-0.39, 0.29) is 5.91 Å². The first-order valence-corrected chi connectivity index (χ1v) is 6.58. The van der Waals surface area contributed by atoms with Crippen molar-refractivity contribution in [2.24, 2.45) is 23.5 Å². The van der Waals surface area contributed by atoms with Gasteiger partial charge in [-0.05, 0) is 37.1 Å². The minimum absolute atomic E-state index is 0.163. The predicted octanol–water partition coefficient (Wildman–Crippen LogP) is 1.91. The Bertz CT molecular complexity index is 218. The quantitative estimate of drug-likeness (QED) is 0.752. The normalized spacial score (nSPS) is 27.4. The molecule has 0 spiro atoms. The molecule has 1 rings (SSSR count). The first-order valence-electron chi connectivity index (χ1n) is 6.58. The Morgan fingerprint density at radius 2 is 2.25 bits per heavy atom. The molecule has 1 aliphatic rings. The zero-order valence-corrected chi connectivity index (χ0v) is 10.7. The molecule has 3 N–H and O–H groups in total. The van der Waals surface area contributed by atoms with E-state index in [1.807, 2.05) is 6.92 Å². The van der Waals surface area contributed by atoms with Crippen LogP contribution in [-0.4, -0.2) is 19.0 Å². The summed E-state index contributed by atoms with van der Waals surface area (Å²) in [5.41, 5.74) is 5.50. The minimum atomic E-state index is 0.163. The summed E-state index contributed by atoms with van der Waals surface area (Å²) in [4.78, 5) is 11.6. The van der Waals surface area contributed by atoms with Gasteiger partial charge in [0.1, 0.15) is 0 Å². The summed E-state index contributed by atoms with van der Waals surface area (Å²) >= 11 is 0. The number of amides is 1. The summed E-state index contributed by atoms with van der Waals surface area (Å²) in [6.07, 6.45) is 5.79. The van der Waals surface area contributed by atoms with Crippen LogP contribution in [-0.2, 0) is 4.79 Å². The number of hydrogen-bond acceptors (Lipinski definition) is 2. The summed E-state index contributed by atoms with van der Waals surface area (Å²) in [6.45, 7) is 5.78. The SMILES string of the molecule is CC(CN)CC(=O)NCC1CCCC(C)C1. The van der Waals surface area contributed by atoms with E-state index in [1.165, 1.54) is 25.7 Å². The second-order valence-electron chi connectivity index (χ2n) is 5.49. The highest BCUT2D eigenvalue weighted by Crippen LogP contribution is 2.27. The zero-order valence-electron chi connectivity index (χ0n) is 10.7. The molecule has 1 aliphatic carbocycles. The molecule has 16 heavy (non-hydrogen) atoms. The maximum Gasteiger partial charge on any atom is 0.220 e. The fraction of sp³-hybridized carbons (Fsp3) is 0.923. The Balaban J connectivity index is 2.15. The molecule has 3 nitrogen and oxygen atoms in total. The minimum Gasteiger partial charge on any atom is -0.356 e. The molecular formula is C13H26N2O. The van der Waals surface area contributed by atoms with Gasteiger partial charge in [-0.2, -0.15) is 0 Å². The van der Waals surface area contributed by atoms with E-state index in [0.717, 1.165) is 12.5 Å². The average molecular weight is 226 g/mol. The number of carbonyl (C=O) groups is 1. The molecule has 0 radical (unpaired) electrons. The van der Waals surface area contributed by atoms with Crippen LogP contribution < -0.4 is 11.1 Å². The van der Waals surface area contributed by atoms with Gasteiger partial charge in [0.25, 0.3) is 0 Å². The lowest BCUT2D eigenvalue weighted by atomic mass is 9.82. The molecule has 0 heterocycles. The molecule has 3 atom stereocenters. The van der Waals surface area contributed by atoms with Gasteiger partial charge in [0.15, 0.2) is 0 Å². The number of nitrogens with one attached hydrogen (secondary N) is 1. The van der Waals surface area contributed by atoms with Crippen LogP contribution in [0.3, 0.4) is 0 Å². The van der Waals surface area contributed by atoms with Gasteiger partial charge in [-0.25, -0.2) is 0 Å². The van der Waals surface area contributed by atoms with Gasteiger partial charge in [0, 0.05) is 13.0 Å². The molecule has 94 valence electrons. The van der Waals surface area contributed by atoms with Gasteiger partial charge in [-0.1, -0.05) is 26.7 Å². The van der Waals surface area contributed by atoms with E-state index >= 15 is 0 Å². The van der Waals surface area contributed by atoms with Gasteiger partial charge in [0.05, 0.1) is 0 Å². The molecule has 0 aromatic carbocycles. The fourth-order valence-corrected chi connectivity index (χ4v) is 2.48. The lowest BCUT2D eigenvalue weighted by molar-refractivity contribution is -0.122. The molecule has 3 unspecified atom stereocenters. The summed E-state index contributed by atoms with van der Waals surface area (Å²) in [6, 6.07) is 0. The van der Waals surface area contributed by atoms with E-state index in [1.54, 1.807) is 0 Å². The van der Waals surface area contributed by atoms with Crippen molar-refractivity contribution in [3.63, 3.8) is 0 Å². The van der Waals surface area contributed by atoms with E-state index in [0.29, 0.717) is 24.8 Å². The maximum absolute atomic E-state index is 11.6. The third-order valence-electron chi connectivity index (χ3n) is 3.57. The monoisotopic (exact) mass is 226 g/mol. The van der Waals surface area contributed by atoms with E-state index < -0.39 is 0 Å². The Kier molecular flexibility index (Phi) is 5.81. The highest BCUT2D eigenvalue weighted by molar-refractivity contribution is 5.76. The van der Waals surface area contributed by atoms with Crippen molar-refractivity contribution in [2.75, 3.05) is 13.1 Å². The highest BCUT2D eigenvalue weighted by atomic mass is 16.1. The van der Waals surface area contributed by atoms with Crippen molar-refractivity contribution in [2.45, 2.75) is 46.0 Å². The molecule has 1 fully saturated rings. The average Bonchev–Trinajstić information content (AvgIpc) is 2.26. The number of hydrogen-bond donors (Lipinski definition) is 2. The van der Waals surface area contributed by atoms with Gasteiger partial charge in [-0.3, -0.25) is 4.79 Å². The fourth-order valence-electron chi connectivity index (χ4n) is 2.48. The summed E-state index contributed by atoms with van der Waals surface area (Å²) < 4.78 is 0. The largest absolute Gasteiger partial charge is 0.356 e. The van der Waals surface area contributed by atoms with Gasteiger partial charge in [0.2, 0.25) is 5.91 Å². The van der Waals surface area contributed by atoms with E-state index in [9.17, 15) is 4.79 Å². The summed E-state index contributed by atoms with van der Waals surface area (Å²) in [5, 5.41) is 3.04. The number of carbonyl (C=O) groups excluding carboxylic acids is 1. The third kappa shape index (κ3) is 4.97. The molecule has 0 saturated heterocycles. The second-order valence-corrected chi connectivity index (χ2v) is 5.49. The van der Waals surface area contributed by atoms with Crippen molar-refractivity contribution in [3.8, 4) is 0 Å².